The summed E-state index contributed by atoms with van der Waals surface area (Å²) in [5, 5.41) is 13.8. The van der Waals surface area contributed by atoms with Crippen LogP contribution in [0, 0.1) is 5.41 Å². The van der Waals surface area contributed by atoms with E-state index in [4.69, 9.17) is 26.5 Å². The second kappa shape index (κ2) is 10.4. The molecule has 0 spiro atoms. The van der Waals surface area contributed by atoms with Gasteiger partial charge in [-0.15, -0.1) is 0 Å². The van der Waals surface area contributed by atoms with E-state index in [-0.39, 0.29) is 11.4 Å². The SMILES string of the molecule is COc1cc(/C=C2/C(=N)N3C(c4ccccc4)=CSC3=NC2=O)cc(Cl)c1OCc1cccc2ccccc12. The van der Waals surface area contributed by atoms with Gasteiger partial charge >= 0.3 is 0 Å². The van der Waals surface area contributed by atoms with E-state index in [1.807, 2.05) is 60.0 Å². The number of fused-ring (bicyclic) bond motifs is 2. The number of rotatable bonds is 6. The predicted molar refractivity (Wildman–Crippen MR) is 158 cm³/mol. The molecule has 0 aliphatic carbocycles. The topological polar surface area (TPSA) is 75.0 Å². The van der Waals surface area contributed by atoms with E-state index in [1.165, 1.54) is 18.9 Å². The maximum atomic E-state index is 12.9. The Morgan fingerprint density at radius 3 is 2.62 bits per heavy atom. The van der Waals surface area contributed by atoms with Crippen molar-refractivity contribution >= 4 is 62.8 Å². The third kappa shape index (κ3) is 4.71. The zero-order valence-electron chi connectivity index (χ0n) is 20.9. The summed E-state index contributed by atoms with van der Waals surface area (Å²) < 4.78 is 11.7. The minimum Gasteiger partial charge on any atom is -0.493 e. The summed E-state index contributed by atoms with van der Waals surface area (Å²) in [5.41, 5.74) is 3.52. The molecule has 0 aromatic heterocycles. The van der Waals surface area contributed by atoms with Gasteiger partial charge in [0.2, 0.25) is 0 Å². The Balaban J connectivity index is 1.29. The summed E-state index contributed by atoms with van der Waals surface area (Å²) in [7, 11) is 1.54. The van der Waals surface area contributed by atoms with Crippen LogP contribution in [-0.4, -0.2) is 28.9 Å². The van der Waals surface area contributed by atoms with E-state index in [0.29, 0.717) is 33.9 Å². The summed E-state index contributed by atoms with van der Waals surface area (Å²) in [6, 6.07) is 27.4. The van der Waals surface area contributed by atoms with E-state index >= 15 is 0 Å². The van der Waals surface area contributed by atoms with Crippen LogP contribution in [0.25, 0.3) is 22.5 Å². The summed E-state index contributed by atoms with van der Waals surface area (Å²) >= 11 is 7.98. The van der Waals surface area contributed by atoms with Crippen molar-refractivity contribution in [2.45, 2.75) is 6.61 Å². The second-order valence-electron chi connectivity index (χ2n) is 8.89. The molecule has 2 heterocycles. The standard InChI is InChI=1S/C31H22ClN3O3S/c1-37-27-16-19(15-25(32)28(27)38-17-22-12-7-11-20-8-5-6-13-23(20)22)14-24-29(33)35-26(21-9-3-2-4-10-21)18-39-31(35)34-30(24)36/h2-16,18,33H,17H2,1H3/b24-14-,33-29?. The van der Waals surface area contributed by atoms with Crippen molar-refractivity contribution in [3.63, 3.8) is 0 Å². The van der Waals surface area contributed by atoms with E-state index < -0.39 is 5.91 Å². The van der Waals surface area contributed by atoms with Gasteiger partial charge < -0.3 is 9.47 Å². The second-order valence-corrected chi connectivity index (χ2v) is 10.1. The van der Waals surface area contributed by atoms with Crippen molar-refractivity contribution < 1.29 is 14.3 Å². The lowest BCUT2D eigenvalue weighted by molar-refractivity contribution is -0.114. The average Bonchev–Trinajstić information content (AvgIpc) is 3.39. The molecule has 1 N–H and O–H groups in total. The summed E-state index contributed by atoms with van der Waals surface area (Å²) in [6.45, 7) is 0.305. The lowest BCUT2D eigenvalue weighted by Crippen LogP contribution is -2.38. The molecular formula is C31H22ClN3O3S. The van der Waals surface area contributed by atoms with Crippen LogP contribution >= 0.6 is 23.4 Å². The van der Waals surface area contributed by atoms with Gasteiger partial charge in [0.1, 0.15) is 12.4 Å². The zero-order valence-corrected chi connectivity index (χ0v) is 22.4. The number of hydrogen-bond acceptors (Lipinski definition) is 5. The molecule has 2 aliphatic heterocycles. The Bertz CT molecular complexity index is 1720. The summed E-state index contributed by atoms with van der Waals surface area (Å²) in [6.07, 6.45) is 1.61. The van der Waals surface area contributed by atoms with Crippen LogP contribution in [-0.2, 0) is 11.4 Å². The molecule has 0 saturated carbocycles. The van der Waals surface area contributed by atoms with Crippen LogP contribution < -0.4 is 9.47 Å². The van der Waals surface area contributed by atoms with Gasteiger partial charge in [0.25, 0.3) is 5.91 Å². The first-order valence-corrected chi connectivity index (χ1v) is 13.4. The normalized spacial score (nSPS) is 15.8. The molecule has 6 nitrogen and oxygen atoms in total. The molecule has 0 saturated heterocycles. The molecule has 2 aliphatic rings. The first-order chi connectivity index (χ1) is 19.0. The van der Waals surface area contributed by atoms with Crippen LogP contribution in [0.15, 0.2) is 101 Å². The van der Waals surface area contributed by atoms with Crippen molar-refractivity contribution in [1.82, 2.24) is 4.90 Å². The molecule has 0 unspecified atom stereocenters. The number of nitrogens with one attached hydrogen (secondary N) is 1. The molecule has 0 bridgehead atoms. The number of ether oxygens (including phenoxy) is 2. The highest BCUT2D eigenvalue weighted by Crippen LogP contribution is 2.40. The van der Waals surface area contributed by atoms with Crippen LogP contribution in [0.2, 0.25) is 5.02 Å². The first-order valence-electron chi connectivity index (χ1n) is 12.2. The van der Waals surface area contributed by atoms with E-state index in [9.17, 15) is 4.79 Å². The largest absolute Gasteiger partial charge is 0.493 e. The molecule has 0 fully saturated rings. The van der Waals surface area contributed by atoms with Gasteiger partial charge in [0, 0.05) is 5.41 Å². The fraction of sp³-hybridized carbons (Fsp3) is 0.0645. The number of aliphatic imine (C=N–C) groups is 1. The lowest BCUT2D eigenvalue weighted by Gasteiger charge is -2.27. The van der Waals surface area contributed by atoms with E-state index in [1.54, 1.807) is 23.1 Å². The maximum Gasteiger partial charge on any atom is 0.283 e. The molecule has 8 heteroatoms. The van der Waals surface area contributed by atoms with Gasteiger partial charge in [-0.2, -0.15) is 4.99 Å². The number of carbonyl (C=O) groups is 1. The number of halogens is 1. The molecule has 4 aromatic carbocycles. The Hall–Kier alpha value is -4.33. The van der Waals surface area contributed by atoms with Crippen LogP contribution in [0.3, 0.4) is 0 Å². The number of nitrogens with zero attached hydrogens (tertiary/aromatic N) is 2. The van der Waals surface area contributed by atoms with Crippen LogP contribution in [0.5, 0.6) is 11.5 Å². The Labute approximate surface area is 234 Å². The molecule has 0 radical (unpaired) electrons. The fourth-order valence-electron chi connectivity index (χ4n) is 4.61. The van der Waals surface area contributed by atoms with E-state index in [2.05, 4.69) is 23.2 Å². The van der Waals surface area contributed by atoms with E-state index in [0.717, 1.165) is 27.6 Å². The van der Waals surface area contributed by atoms with Gasteiger partial charge in [-0.1, -0.05) is 96.2 Å². The Kier molecular flexibility index (Phi) is 6.69. The molecule has 192 valence electrons. The Morgan fingerprint density at radius 1 is 1.03 bits per heavy atom. The average molecular weight is 552 g/mol. The van der Waals surface area contributed by atoms with Crippen molar-refractivity contribution in [3.8, 4) is 11.5 Å². The van der Waals surface area contributed by atoms with Gasteiger partial charge in [-0.05, 0) is 45.7 Å². The Morgan fingerprint density at radius 2 is 1.79 bits per heavy atom. The zero-order chi connectivity index (χ0) is 26.9. The summed E-state index contributed by atoms with van der Waals surface area (Å²) in [4.78, 5) is 18.8. The highest BCUT2D eigenvalue weighted by Gasteiger charge is 2.36. The molecule has 1 amide bonds. The van der Waals surface area contributed by atoms with Crippen molar-refractivity contribution in [2.24, 2.45) is 4.99 Å². The number of methoxy groups -OCH3 is 1. The molecule has 0 atom stereocenters. The first kappa shape index (κ1) is 25.0. The predicted octanol–water partition coefficient (Wildman–Crippen LogP) is 7.39. The van der Waals surface area contributed by atoms with Gasteiger partial charge in [-0.25, -0.2) is 0 Å². The van der Waals surface area contributed by atoms with Crippen molar-refractivity contribution in [1.29, 1.82) is 5.41 Å². The molecule has 6 rings (SSSR count). The van der Waals surface area contributed by atoms with Gasteiger partial charge in [-0.3, -0.25) is 15.1 Å². The summed E-state index contributed by atoms with van der Waals surface area (Å²) in [5.74, 6) is 0.407. The number of hydrogen-bond donors (Lipinski definition) is 1. The highest BCUT2D eigenvalue weighted by molar-refractivity contribution is 8.17. The van der Waals surface area contributed by atoms with Crippen molar-refractivity contribution in [2.75, 3.05) is 7.11 Å². The smallest absolute Gasteiger partial charge is 0.283 e. The highest BCUT2D eigenvalue weighted by atomic mass is 35.5. The number of benzene rings is 4. The van der Waals surface area contributed by atoms with Gasteiger partial charge in [0.05, 0.1) is 23.4 Å². The van der Waals surface area contributed by atoms with Gasteiger partial charge in [0.15, 0.2) is 16.7 Å². The molecule has 39 heavy (non-hydrogen) atoms. The monoisotopic (exact) mass is 551 g/mol. The molecular weight excluding hydrogens is 530 g/mol. The molecule has 4 aromatic rings. The quantitative estimate of drug-likeness (QED) is 0.253. The van der Waals surface area contributed by atoms with Crippen LogP contribution in [0.4, 0.5) is 0 Å². The number of carbonyl (C=O) groups excluding carboxylic acids is 1. The maximum absolute atomic E-state index is 12.9. The number of amides is 1. The fourth-order valence-corrected chi connectivity index (χ4v) is 5.78. The number of thioether (sulfide) groups is 1. The lowest BCUT2D eigenvalue weighted by atomic mass is 10.0. The third-order valence-electron chi connectivity index (χ3n) is 6.50. The van der Waals surface area contributed by atoms with Crippen LogP contribution in [0.1, 0.15) is 16.7 Å². The third-order valence-corrected chi connectivity index (χ3v) is 7.61. The van der Waals surface area contributed by atoms with Crippen molar-refractivity contribution in [3.05, 3.63) is 118 Å². The minimum absolute atomic E-state index is 0.0523. The minimum atomic E-state index is -0.479. The number of amidine groups is 2.